The molecule has 156 valence electrons. The summed E-state index contributed by atoms with van der Waals surface area (Å²) in [7, 11) is 1.61. The zero-order valence-electron chi connectivity index (χ0n) is 16.7. The zero-order chi connectivity index (χ0) is 21.8. The molecule has 0 saturated carbocycles. The minimum Gasteiger partial charge on any atom is -0.497 e. The second-order valence-corrected chi connectivity index (χ2v) is 6.89. The summed E-state index contributed by atoms with van der Waals surface area (Å²) in [6, 6.07) is 20.0. The maximum atomic E-state index is 13.1. The van der Waals surface area contributed by atoms with Crippen LogP contribution in [0.3, 0.4) is 0 Å². The molecule has 1 aromatic heterocycles. The molecule has 0 spiro atoms. The van der Waals surface area contributed by atoms with Crippen molar-refractivity contribution in [2.45, 2.75) is 6.42 Å². The number of aromatic nitrogens is 1. The minimum absolute atomic E-state index is 0.0574. The van der Waals surface area contributed by atoms with E-state index in [1.54, 1.807) is 25.4 Å². The predicted octanol–water partition coefficient (Wildman–Crippen LogP) is 5.40. The Morgan fingerprint density at radius 3 is 2.65 bits per heavy atom. The van der Waals surface area contributed by atoms with Gasteiger partial charge in [0.2, 0.25) is 0 Å². The molecule has 0 amide bonds. The zero-order valence-corrected chi connectivity index (χ0v) is 16.7. The number of methoxy groups -OCH3 is 1. The van der Waals surface area contributed by atoms with Crippen molar-refractivity contribution in [3.05, 3.63) is 84.1 Å². The van der Waals surface area contributed by atoms with Crippen LogP contribution in [0.1, 0.15) is 15.9 Å². The average molecular weight is 416 g/mol. The topological polar surface area (TPSA) is 101 Å². The summed E-state index contributed by atoms with van der Waals surface area (Å²) in [4.78, 5) is 26.8. The van der Waals surface area contributed by atoms with Crippen LogP contribution in [0.4, 0.5) is 16.2 Å². The lowest BCUT2D eigenvalue weighted by molar-refractivity contribution is 0.0994. The first-order chi connectivity index (χ1) is 15.0. The van der Waals surface area contributed by atoms with Gasteiger partial charge in [-0.1, -0.05) is 24.3 Å². The highest BCUT2D eigenvalue weighted by molar-refractivity contribution is 6.09. The monoisotopic (exact) mass is 416 g/mol. The van der Waals surface area contributed by atoms with Gasteiger partial charge in [-0.25, -0.2) is 4.79 Å². The molecule has 0 saturated heterocycles. The van der Waals surface area contributed by atoms with E-state index in [0.717, 1.165) is 22.7 Å². The van der Waals surface area contributed by atoms with Gasteiger partial charge in [0.1, 0.15) is 11.5 Å². The molecule has 4 rings (SSSR count). The number of hydrogen-bond donors (Lipinski definition) is 3. The number of nitrogens with one attached hydrogen (secondary N) is 2. The lowest BCUT2D eigenvalue weighted by Gasteiger charge is -2.12. The molecule has 7 heteroatoms. The quantitative estimate of drug-likeness (QED) is 0.212. The highest BCUT2D eigenvalue weighted by Gasteiger charge is 2.15. The number of para-hydroxylation sites is 1. The van der Waals surface area contributed by atoms with Gasteiger partial charge in [0.05, 0.1) is 7.11 Å². The number of anilines is 2. The Morgan fingerprint density at radius 2 is 1.84 bits per heavy atom. The van der Waals surface area contributed by atoms with E-state index in [0.29, 0.717) is 16.5 Å². The summed E-state index contributed by atoms with van der Waals surface area (Å²) >= 11 is 0. The number of aromatic amines is 1. The molecule has 0 radical (unpaired) electrons. The first kappa shape index (κ1) is 20.0. The van der Waals surface area contributed by atoms with Gasteiger partial charge >= 0.3 is 6.16 Å². The molecule has 0 aliphatic carbocycles. The molecule has 0 bridgehead atoms. The summed E-state index contributed by atoms with van der Waals surface area (Å²) in [6.45, 7) is 0. The number of carbonyl (C=O) groups is 2. The molecule has 31 heavy (non-hydrogen) atoms. The van der Waals surface area contributed by atoms with Crippen molar-refractivity contribution < 1.29 is 24.2 Å². The van der Waals surface area contributed by atoms with E-state index >= 15 is 0 Å². The van der Waals surface area contributed by atoms with E-state index in [-0.39, 0.29) is 18.0 Å². The second kappa shape index (κ2) is 8.62. The van der Waals surface area contributed by atoms with E-state index in [1.807, 2.05) is 48.5 Å². The highest BCUT2D eigenvalue weighted by Crippen LogP contribution is 2.27. The first-order valence-corrected chi connectivity index (χ1v) is 9.57. The van der Waals surface area contributed by atoms with Gasteiger partial charge < -0.3 is 24.9 Å². The number of H-pyrrole nitrogens is 1. The van der Waals surface area contributed by atoms with E-state index < -0.39 is 6.16 Å². The Kier molecular flexibility index (Phi) is 5.57. The van der Waals surface area contributed by atoms with Crippen molar-refractivity contribution in [3.8, 4) is 11.5 Å². The lowest BCUT2D eigenvalue weighted by Crippen LogP contribution is -2.05. The number of carbonyl (C=O) groups excluding carboxylic acids is 1. The Labute approximate surface area is 178 Å². The third-order valence-electron chi connectivity index (χ3n) is 4.88. The van der Waals surface area contributed by atoms with Gasteiger partial charge in [-0.3, -0.25) is 4.79 Å². The van der Waals surface area contributed by atoms with Crippen molar-refractivity contribution >= 4 is 34.2 Å². The van der Waals surface area contributed by atoms with E-state index in [9.17, 15) is 9.59 Å². The van der Waals surface area contributed by atoms with Crippen LogP contribution in [0.25, 0.3) is 10.9 Å². The molecule has 0 aliphatic rings. The van der Waals surface area contributed by atoms with Crippen LogP contribution in [0.15, 0.2) is 72.9 Å². The van der Waals surface area contributed by atoms with Gasteiger partial charge in [-0.2, -0.15) is 0 Å². The number of fused-ring (bicyclic) bond motifs is 1. The number of Topliss-reactive ketones (excluding diaryl/α,β-unsaturated/α-hetero) is 1. The van der Waals surface area contributed by atoms with Crippen LogP contribution in [0, 0.1) is 0 Å². The van der Waals surface area contributed by atoms with Crippen molar-refractivity contribution in [2.24, 2.45) is 0 Å². The molecule has 3 N–H and O–H groups in total. The normalized spacial score (nSPS) is 10.6. The molecule has 0 atom stereocenters. The summed E-state index contributed by atoms with van der Waals surface area (Å²) in [5.74, 6) is 0.871. The average Bonchev–Trinajstić information content (AvgIpc) is 3.18. The van der Waals surface area contributed by atoms with E-state index in [1.165, 1.54) is 6.07 Å². The van der Waals surface area contributed by atoms with Crippen molar-refractivity contribution in [3.63, 3.8) is 0 Å². The maximum Gasteiger partial charge on any atom is 0.511 e. The number of ketones is 1. The summed E-state index contributed by atoms with van der Waals surface area (Å²) in [5.41, 5.74) is 3.71. The molecular formula is C24H20N2O5. The van der Waals surface area contributed by atoms with Gasteiger partial charge in [-0.05, 0) is 35.9 Å². The second-order valence-electron chi connectivity index (χ2n) is 6.89. The summed E-state index contributed by atoms with van der Waals surface area (Å²) in [5, 5.41) is 12.8. The predicted molar refractivity (Wildman–Crippen MR) is 118 cm³/mol. The fraction of sp³-hybridized carbons (Fsp3) is 0.0833. The van der Waals surface area contributed by atoms with Crippen molar-refractivity contribution in [2.75, 3.05) is 12.4 Å². The third-order valence-corrected chi connectivity index (χ3v) is 4.88. The third kappa shape index (κ3) is 4.51. The maximum absolute atomic E-state index is 13.1. The summed E-state index contributed by atoms with van der Waals surface area (Å²) in [6.07, 6.45) is 0.450. The molecule has 0 aliphatic heterocycles. The van der Waals surface area contributed by atoms with E-state index in [2.05, 4.69) is 15.0 Å². The van der Waals surface area contributed by atoms with Crippen LogP contribution < -0.4 is 14.8 Å². The molecular weight excluding hydrogens is 396 g/mol. The fourth-order valence-corrected chi connectivity index (χ4v) is 3.42. The molecule has 1 heterocycles. The van der Waals surface area contributed by atoms with Crippen LogP contribution in [-0.2, 0) is 6.42 Å². The fourth-order valence-electron chi connectivity index (χ4n) is 3.42. The van der Waals surface area contributed by atoms with E-state index in [4.69, 9.17) is 9.84 Å². The van der Waals surface area contributed by atoms with Crippen LogP contribution >= 0.6 is 0 Å². The first-order valence-electron chi connectivity index (χ1n) is 9.57. The molecule has 4 aromatic rings. The molecule has 0 unspecified atom stereocenters. The Balaban J connectivity index is 1.57. The number of rotatable bonds is 7. The minimum atomic E-state index is -1.39. The number of benzene rings is 3. The Bertz CT molecular complexity index is 1260. The highest BCUT2D eigenvalue weighted by atomic mass is 16.7. The van der Waals surface area contributed by atoms with Crippen molar-refractivity contribution in [1.29, 1.82) is 0 Å². The smallest absolute Gasteiger partial charge is 0.497 e. The van der Waals surface area contributed by atoms with Crippen LogP contribution in [0.2, 0.25) is 0 Å². The van der Waals surface area contributed by atoms with Crippen LogP contribution in [-0.4, -0.2) is 29.1 Å². The standard InChI is InChI=1S/C24H20N2O5/c1-30-17-7-4-6-16(12-17)26-21-8-3-2-5-15(21)11-23(27)20-14-25-22-13-18(31-24(28)29)9-10-19(20)22/h2-10,12-14,25-26H,11H2,1H3,(H,28,29). The summed E-state index contributed by atoms with van der Waals surface area (Å²) < 4.78 is 9.94. The largest absolute Gasteiger partial charge is 0.511 e. The number of hydrogen-bond acceptors (Lipinski definition) is 5. The van der Waals surface area contributed by atoms with Gasteiger partial charge in [-0.15, -0.1) is 0 Å². The SMILES string of the molecule is COc1cccc(Nc2ccccc2CC(=O)c2c[nH]c3cc(OC(=O)O)ccc23)c1. The van der Waals surface area contributed by atoms with Gasteiger partial charge in [0, 0.05) is 52.6 Å². The van der Waals surface area contributed by atoms with Gasteiger partial charge in [0.15, 0.2) is 5.78 Å². The Hall–Kier alpha value is -4.26. The lowest BCUT2D eigenvalue weighted by atomic mass is 10.0. The Morgan fingerprint density at radius 1 is 1.00 bits per heavy atom. The number of carboxylic acid groups (broad SMARTS) is 1. The van der Waals surface area contributed by atoms with Gasteiger partial charge in [0.25, 0.3) is 0 Å². The van der Waals surface area contributed by atoms with Crippen LogP contribution in [0.5, 0.6) is 11.5 Å². The number of ether oxygens (including phenoxy) is 2. The van der Waals surface area contributed by atoms with Crippen molar-refractivity contribution in [1.82, 2.24) is 4.98 Å². The molecule has 7 nitrogen and oxygen atoms in total. The molecule has 3 aromatic carbocycles. The molecule has 0 fully saturated rings.